The second-order valence-electron chi connectivity index (χ2n) is 3.89. The van der Waals surface area contributed by atoms with Crippen molar-refractivity contribution >= 4 is 5.91 Å². The zero-order valence-electron chi connectivity index (χ0n) is 9.99. The highest BCUT2D eigenvalue weighted by Gasteiger charge is 2.46. The van der Waals surface area contributed by atoms with Gasteiger partial charge in [-0.05, 0) is 11.1 Å². The van der Waals surface area contributed by atoms with Crippen molar-refractivity contribution in [3.05, 3.63) is 20.9 Å². The van der Waals surface area contributed by atoms with Gasteiger partial charge in [0, 0.05) is 23.3 Å². The molecule has 0 aliphatic carbocycles. The highest BCUT2D eigenvalue weighted by atomic mass is 16.6. The minimum absolute atomic E-state index is 0.234. The number of amides is 1. The molecule has 0 aromatic rings. The Labute approximate surface area is 107 Å². The van der Waals surface area contributed by atoms with E-state index in [2.05, 4.69) is 25.4 Å². The molecule has 11 heteroatoms. The fraction of sp³-hybridized carbons (Fsp3) is 0.875. The van der Waals surface area contributed by atoms with E-state index < -0.39 is 36.5 Å². The SMILES string of the molecule is CC(=O)NC1[C@H](O)O[C@H]([C@@H](CN=[N+]=[N-])N=[N+]=[N-])[C@H]1O. The number of nitrogens with zero attached hydrogens (tertiary/aromatic N) is 6. The van der Waals surface area contributed by atoms with Gasteiger partial charge in [0.15, 0.2) is 6.29 Å². The summed E-state index contributed by atoms with van der Waals surface area (Å²) in [6.07, 6.45) is -3.80. The molecule has 1 heterocycles. The summed E-state index contributed by atoms with van der Waals surface area (Å²) < 4.78 is 5.04. The predicted molar refractivity (Wildman–Crippen MR) is 61.4 cm³/mol. The number of ether oxygens (including phenoxy) is 1. The molecule has 1 aliphatic rings. The molecule has 0 radical (unpaired) electrons. The highest BCUT2D eigenvalue weighted by Crippen LogP contribution is 2.24. The van der Waals surface area contributed by atoms with Gasteiger partial charge in [0.1, 0.15) is 12.1 Å². The standard InChI is InChI=1S/C8H13N7O4/c1-3(16)12-5-6(17)7(19-8(5)18)4(13-15-10)2-11-14-9/h4-8,17-18H,2H2,1H3,(H,12,16)/t4-,5?,6+,7-,8-/m1/s1. The first kappa shape index (κ1) is 15.0. The largest absolute Gasteiger partial charge is 0.388 e. The van der Waals surface area contributed by atoms with Crippen molar-refractivity contribution in [2.45, 2.75) is 37.5 Å². The molecule has 0 aromatic carbocycles. The Hall–Kier alpha value is -2.03. The van der Waals surface area contributed by atoms with Crippen molar-refractivity contribution in [3.8, 4) is 0 Å². The molecule has 5 atom stereocenters. The highest BCUT2D eigenvalue weighted by molar-refractivity contribution is 5.73. The molecule has 1 unspecified atom stereocenters. The molecule has 0 spiro atoms. The van der Waals surface area contributed by atoms with Gasteiger partial charge in [0.2, 0.25) is 5.91 Å². The number of carbonyl (C=O) groups excluding carboxylic acids is 1. The summed E-state index contributed by atoms with van der Waals surface area (Å²) >= 11 is 0. The zero-order chi connectivity index (χ0) is 14.4. The van der Waals surface area contributed by atoms with Crippen LogP contribution >= 0.6 is 0 Å². The third-order valence-electron chi connectivity index (χ3n) is 2.59. The van der Waals surface area contributed by atoms with E-state index in [0.29, 0.717) is 0 Å². The summed E-state index contributed by atoms with van der Waals surface area (Å²) in [6, 6.07) is -2.02. The van der Waals surface area contributed by atoms with Crippen molar-refractivity contribution < 1.29 is 19.7 Å². The average molecular weight is 271 g/mol. The first-order valence-electron chi connectivity index (χ1n) is 5.35. The van der Waals surface area contributed by atoms with Crippen LogP contribution in [0.1, 0.15) is 6.92 Å². The van der Waals surface area contributed by atoms with Gasteiger partial charge >= 0.3 is 0 Å². The van der Waals surface area contributed by atoms with Gasteiger partial charge < -0.3 is 20.3 Å². The monoisotopic (exact) mass is 271 g/mol. The van der Waals surface area contributed by atoms with Crippen molar-refractivity contribution in [3.63, 3.8) is 0 Å². The van der Waals surface area contributed by atoms with Crippen LogP contribution in [-0.4, -0.2) is 53.2 Å². The Bertz CT molecular complexity index is 431. The Kier molecular flexibility index (Phi) is 5.37. The van der Waals surface area contributed by atoms with E-state index in [9.17, 15) is 15.0 Å². The lowest BCUT2D eigenvalue weighted by Gasteiger charge is -2.21. The van der Waals surface area contributed by atoms with Crippen molar-refractivity contribution in [1.82, 2.24) is 5.32 Å². The van der Waals surface area contributed by atoms with E-state index in [1.807, 2.05) is 0 Å². The van der Waals surface area contributed by atoms with Crippen LogP contribution in [-0.2, 0) is 9.53 Å². The second-order valence-corrected chi connectivity index (χ2v) is 3.89. The number of azide groups is 2. The normalized spacial score (nSPS) is 30.9. The number of aliphatic hydroxyl groups excluding tert-OH is 2. The van der Waals surface area contributed by atoms with Gasteiger partial charge in [-0.1, -0.05) is 10.2 Å². The summed E-state index contributed by atoms with van der Waals surface area (Å²) in [5.41, 5.74) is 16.6. The van der Waals surface area contributed by atoms with E-state index in [1.54, 1.807) is 0 Å². The maximum absolute atomic E-state index is 10.9. The molecule has 0 aromatic heterocycles. The minimum Gasteiger partial charge on any atom is -0.388 e. The molecule has 11 nitrogen and oxygen atoms in total. The summed E-state index contributed by atoms with van der Waals surface area (Å²) in [7, 11) is 0. The molecule has 1 amide bonds. The predicted octanol–water partition coefficient (Wildman–Crippen LogP) is -0.442. The Morgan fingerprint density at radius 1 is 1.47 bits per heavy atom. The number of aliphatic hydroxyl groups is 2. The molecule has 1 fully saturated rings. The molecule has 0 saturated carbocycles. The number of carbonyl (C=O) groups is 1. The van der Waals surface area contributed by atoms with E-state index >= 15 is 0 Å². The van der Waals surface area contributed by atoms with Crippen LogP contribution in [0.2, 0.25) is 0 Å². The van der Waals surface area contributed by atoms with Gasteiger partial charge in [-0.2, -0.15) is 0 Å². The number of hydrogen-bond donors (Lipinski definition) is 3. The second kappa shape index (κ2) is 6.78. The molecule has 1 rings (SSSR count). The molecule has 1 saturated heterocycles. The van der Waals surface area contributed by atoms with Crippen LogP contribution < -0.4 is 5.32 Å². The summed E-state index contributed by atoms with van der Waals surface area (Å²) in [5, 5.41) is 28.4. The van der Waals surface area contributed by atoms with Gasteiger partial charge in [-0.25, -0.2) is 0 Å². The fourth-order valence-corrected chi connectivity index (χ4v) is 1.80. The molecular weight excluding hydrogens is 258 g/mol. The van der Waals surface area contributed by atoms with Gasteiger partial charge in [-0.3, -0.25) is 4.79 Å². The first-order valence-corrected chi connectivity index (χ1v) is 5.35. The van der Waals surface area contributed by atoms with Crippen molar-refractivity contribution in [2.75, 3.05) is 6.54 Å². The molecular formula is C8H13N7O4. The van der Waals surface area contributed by atoms with E-state index in [0.717, 1.165) is 0 Å². The topological polar surface area (TPSA) is 176 Å². The van der Waals surface area contributed by atoms with Crippen molar-refractivity contribution in [1.29, 1.82) is 0 Å². The Morgan fingerprint density at radius 2 is 2.16 bits per heavy atom. The first-order chi connectivity index (χ1) is 9.01. The quantitative estimate of drug-likeness (QED) is 0.349. The van der Waals surface area contributed by atoms with Crippen molar-refractivity contribution in [2.24, 2.45) is 10.2 Å². The minimum atomic E-state index is -1.44. The van der Waals surface area contributed by atoms with Crippen LogP contribution in [0.3, 0.4) is 0 Å². The molecule has 1 aliphatic heterocycles. The van der Waals surface area contributed by atoms with E-state index in [4.69, 9.17) is 15.8 Å². The number of hydrogen-bond acceptors (Lipinski definition) is 6. The molecule has 3 N–H and O–H groups in total. The average Bonchev–Trinajstić information content (AvgIpc) is 2.62. The summed E-state index contributed by atoms with van der Waals surface area (Å²) in [5.74, 6) is -0.456. The third-order valence-corrected chi connectivity index (χ3v) is 2.59. The Morgan fingerprint density at radius 3 is 2.68 bits per heavy atom. The van der Waals surface area contributed by atoms with Crippen LogP contribution in [0, 0.1) is 0 Å². The van der Waals surface area contributed by atoms with E-state index in [-0.39, 0.29) is 6.54 Å². The maximum Gasteiger partial charge on any atom is 0.217 e. The van der Waals surface area contributed by atoms with Crippen LogP contribution in [0.5, 0.6) is 0 Å². The maximum atomic E-state index is 10.9. The van der Waals surface area contributed by atoms with Crippen LogP contribution in [0.25, 0.3) is 20.9 Å². The summed E-state index contributed by atoms with van der Waals surface area (Å²) in [4.78, 5) is 16.0. The number of nitrogens with one attached hydrogen (secondary N) is 1. The summed E-state index contributed by atoms with van der Waals surface area (Å²) in [6.45, 7) is 0.986. The van der Waals surface area contributed by atoms with Crippen LogP contribution in [0.4, 0.5) is 0 Å². The molecule has 19 heavy (non-hydrogen) atoms. The van der Waals surface area contributed by atoms with Crippen LogP contribution in [0.15, 0.2) is 10.2 Å². The lowest BCUT2D eigenvalue weighted by Crippen LogP contribution is -2.48. The molecule has 0 bridgehead atoms. The zero-order valence-corrected chi connectivity index (χ0v) is 9.99. The lowest BCUT2D eigenvalue weighted by molar-refractivity contribution is -0.126. The third kappa shape index (κ3) is 3.71. The fourth-order valence-electron chi connectivity index (χ4n) is 1.80. The van der Waals surface area contributed by atoms with Gasteiger partial charge in [-0.15, -0.1) is 0 Å². The molecule has 104 valence electrons. The smallest absolute Gasteiger partial charge is 0.217 e. The van der Waals surface area contributed by atoms with Gasteiger partial charge in [0.25, 0.3) is 0 Å². The van der Waals surface area contributed by atoms with E-state index in [1.165, 1.54) is 6.92 Å². The lowest BCUT2D eigenvalue weighted by atomic mass is 10.0. The number of rotatable bonds is 5. The Balaban J connectivity index is 2.84. The van der Waals surface area contributed by atoms with Gasteiger partial charge in [0.05, 0.1) is 12.1 Å².